The molecule has 3 rings (SSSR count). The average Bonchev–Trinajstić information content (AvgIpc) is 3.06. The van der Waals surface area contributed by atoms with E-state index in [0.717, 1.165) is 22.5 Å². The first-order valence-electron chi connectivity index (χ1n) is 10.6. The minimum Gasteiger partial charge on any atom is -0.449 e. The number of carbonyl (C=O) groups excluding carboxylic acids is 2. The van der Waals surface area contributed by atoms with E-state index in [-0.39, 0.29) is 0 Å². The molecule has 0 bridgehead atoms. The maximum absolute atomic E-state index is 12.3. The summed E-state index contributed by atoms with van der Waals surface area (Å²) in [5.74, 6) is -1.08. The van der Waals surface area contributed by atoms with E-state index in [2.05, 4.69) is 34.7 Å². The molecule has 3 aromatic rings. The van der Waals surface area contributed by atoms with E-state index in [0.29, 0.717) is 17.8 Å². The fourth-order valence-corrected chi connectivity index (χ4v) is 3.26. The summed E-state index contributed by atoms with van der Waals surface area (Å²) in [7, 11) is 0. The lowest BCUT2D eigenvalue weighted by atomic mass is 10.1. The summed E-state index contributed by atoms with van der Waals surface area (Å²) in [6.07, 6.45) is 1.99. The van der Waals surface area contributed by atoms with Gasteiger partial charge < -0.3 is 10.1 Å². The third kappa shape index (κ3) is 6.17. The van der Waals surface area contributed by atoms with Crippen LogP contribution in [-0.2, 0) is 20.9 Å². The second-order valence-corrected chi connectivity index (χ2v) is 7.82. The number of nitrogens with zero attached hydrogens (tertiary/aromatic N) is 3. The van der Waals surface area contributed by atoms with Gasteiger partial charge in [0.1, 0.15) is 0 Å². The molecule has 0 aliphatic rings. The molecule has 1 N–H and O–H groups in total. The van der Waals surface area contributed by atoms with Crippen molar-refractivity contribution in [1.29, 1.82) is 5.26 Å². The van der Waals surface area contributed by atoms with Crippen molar-refractivity contribution in [1.82, 2.24) is 9.78 Å². The lowest BCUT2D eigenvalue weighted by Crippen LogP contribution is -2.29. The molecule has 33 heavy (non-hydrogen) atoms. The number of carbonyl (C=O) groups is 2. The maximum Gasteiger partial charge on any atom is 0.331 e. The number of esters is 1. The predicted molar refractivity (Wildman–Crippen MR) is 126 cm³/mol. The predicted octanol–water partition coefficient (Wildman–Crippen LogP) is 4.31. The van der Waals surface area contributed by atoms with Gasteiger partial charge in [0.2, 0.25) is 0 Å². The van der Waals surface area contributed by atoms with E-state index in [4.69, 9.17) is 10.00 Å². The van der Waals surface area contributed by atoms with Crippen molar-refractivity contribution in [3.63, 3.8) is 0 Å². The Bertz CT molecular complexity index is 1220. The fourth-order valence-electron chi connectivity index (χ4n) is 3.26. The second-order valence-electron chi connectivity index (χ2n) is 7.82. The van der Waals surface area contributed by atoms with E-state index in [1.54, 1.807) is 30.3 Å². The smallest absolute Gasteiger partial charge is 0.331 e. The molecule has 1 heterocycles. The Hall–Kier alpha value is -4.18. The van der Waals surface area contributed by atoms with Gasteiger partial charge >= 0.3 is 5.97 Å². The molecule has 1 amide bonds. The molecule has 0 saturated carbocycles. The SMILES string of the molecule is Cc1ccc(Cn2nc(C)c(/C=C/C(=O)OC(C)C(=O)Nc3ccc(C#N)cc3)c2C)cc1. The summed E-state index contributed by atoms with van der Waals surface area (Å²) in [5.41, 5.74) is 5.93. The molecule has 0 spiro atoms. The summed E-state index contributed by atoms with van der Waals surface area (Å²) in [6, 6.07) is 16.7. The van der Waals surface area contributed by atoms with Gasteiger partial charge in [0.15, 0.2) is 6.10 Å². The highest BCUT2D eigenvalue weighted by molar-refractivity contribution is 5.96. The molecule has 1 atom stereocenters. The van der Waals surface area contributed by atoms with Crippen LogP contribution in [0.4, 0.5) is 5.69 Å². The monoisotopic (exact) mass is 442 g/mol. The van der Waals surface area contributed by atoms with Gasteiger partial charge in [-0.05, 0) is 63.6 Å². The van der Waals surface area contributed by atoms with Crippen LogP contribution in [0.5, 0.6) is 0 Å². The second kappa shape index (κ2) is 10.4. The molecule has 7 nitrogen and oxygen atoms in total. The van der Waals surface area contributed by atoms with Crippen LogP contribution < -0.4 is 5.32 Å². The molecule has 2 aromatic carbocycles. The number of anilines is 1. The Balaban J connectivity index is 1.60. The van der Waals surface area contributed by atoms with Gasteiger partial charge in [0.25, 0.3) is 5.91 Å². The average molecular weight is 443 g/mol. The zero-order valence-electron chi connectivity index (χ0n) is 19.1. The minimum atomic E-state index is -0.982. The first-order valence-corrected chi connectivity index (χ1v) is 10.6. The number of nitrogens with one attached hydrogen (secondary N) is 1. The fraction of sp³-hybridized carbons (Fsp3) is 0.231. The lowest BCUT2D eigenvalue weighted by Gasteiger charge is -2.12. The van der Waals surface area contributed by atoms with Gasteiger partial charge in [-0.2, -0.15) is 10.4 Å². The Labute approximate surface area is 193 Å². The third-order valence-electron chi connectivity index (χ3n) is 5.22. The van der Waals surface area contributed by atoms with Crippen LogP contribution in [0.3, 0.4) is 0 Å². The van der Waals surface area contributed by atoms with Crippen molar-refractivity contribution in [3.05, 3.63) is 88.2 Å². The summed E-state index contributed by atoms with van der Waals surface area (Å²) < 4.78 is 7.13. The van der Waals surface area contributed by atoms with Gasteiger partial charge in [-0.3, -0.25) is 9.48 Å². The normalized spacial score (nSPS) is 11.7. The van der Waals surface area contributed by atoms with E-state index >= 15 is 0 Å². The molecule has 0 aliphatic carbocycles. The van der Waals surface area contributed by atoms with E-state index in [1.165, 1.54) is 18.6 Å². The number of amides is 1. The summed E-state index contributed by atoms with van der Waals surface area (Å²) in [4.78, 5) is 24.6. The van der Waals surface area contributed by atoms with Crippen LogP contribution >= 0.6 is 0 Å². The first kappa shape index (κ1) is 23.5. The van der Waals surface area contributed by atoms with Gasteiger partial charge in [0.05, 0.1) is 23.9 Å². The minimum absolute atomic E-state index is 0.459. The van der Waals surface area contributed by atoms with Gasteiger partial charge in [0, 0.05) is 23.0 Å². The van der Waals surface area contributed by atoms with Crippen LogP contribution in [0.1, 0.15) is 40.6 Å². The van der Waals surface area contributed by atoms with E-state index < -0.39 is 18.0 Å². The number of rotatable bonds is 7. The molecule has 7 heteroatoms. The van der Waals surface area contributed by atoms with Crippen LogP contribution in [0.25, 0.3) is 6.08 Å². The van der Waals surface area contributed by atoms with Crippen LogP contribution in [0.15, 0.2) is 54.6 Å². The molecule has 1 unspecified atom stereocenters. The molecule has 1 aromatic heterocycles. The number of nitriles is 1. The molecular weight excluding hydrogens is 416 g/mol. The van der Waals surface area contributed by atoms with Crippen molar-refractivity contribution < 1.29 is 14.3 Å². The Morgan fingerprint density at radius 1 is 1.12 bits per heavy atom. The Morgan fingerprint density at radius 2 is 1.79 bits per heavy atom. The number of aromatic nitrogens is 2. The first-order chi connectivity index (χ1) is 15.8. The van der Waals surface area contributed by atoms with E-state index in [9.17, 15) is 9.59 Å². The number of aryl methyl sites for hydroxylation is 2. The lowest BCUT2D eigenvalue weighted by molar-refractivity contribution is -0.148. The Kier molecular flexibility index (Phi) is 7.42. The molecule has 0 saturated heterocycles. The largest absolute Gasteiger partial charge is 0.449 e. The third-order valence-corrected chi connectivity index (χ3v) is 5.22. The molecule has 168 valence electrons. The topological polar surface area (TPSA) is 97.0 Å². The van der Waals surface area contributed by atoms with Crippen LogP contribution in [0, 0.1) is 32.1 Å². The highest BCUT2D eigenvalue weighted by atomic mass is 16.5. The zero-order chi connectivity index (χ0) is 24.0. The summed E-state index contributed by atoms with van der Waals surface area (Å²) in [6.45, 7) is 8.02. The Morgan fingerprint density at radius 3 is 2.42 bits per heavy atom. The van der Waals surface area contributed by atoms with Crippen molar-refractivity contribution in [3.8, 4) is 6.07 Å². The standard InChI is InChI=1S/C26H26N4O3/c1-17-5-7-22(8-6-17)16-30-19(3)24(18(2)29-30)13-14-25(31)33-20(4)26(32)28-23-11-9-21(15-27)10-12-23/h5-14,20H,16H2,1-4H3,(H,28,32)/b14-13+. The van der Waals surface area contributed by atoms with Gasteiger partial charge in [-0.1, -0.05) is 29.8 Å². The van der Waals surface area contributed by atoms with Gasteiger partial charge in [-0.15, -0.1) is 0 Å². The number of hydrogen-bond acceptors (Lipinski definition) is 5. The van der Waals surface area contributed by atoms with Crippen LogP contribution in [0.2, 0.25) is 0 Å². The highest BCUT2D eigenvalue weighted by Gasteiger charge is 2.17. The molecule has 0 fully saturated rings. The quantitative estimate of drug-likeness (QED) is 0.434. The summed E-state index contributed by atoms with van der Waals surface area (Å²) in [5, 5.41) is 16.1. The summed E-state index contributed by atoms with van der Waals surface area (Å²) >= 11 is 0. The van der Waals surface area contributed by atoms with E-state index in [1.807, 2.05) is 31.5 Å². The molecule has 0 radical (unpaired) electrons. The zero-order valence-corrected chi connectivity index (χ0v) is 19.1. The van der Waals surface area contributed by atoms with Crippen molar-refractivity contribution in [2.24, 2.45) is 0 Å². The van der Waals surface area contributed by atoms with Crippen molar-refractivity contribution in [2.75, 3.05) is 5.32 Å². The van der Waals surface area contributed by atoms with Gasteiger partial charge in [-0.25, -0.2) is 4.79 Å². The molecule has 0 aliphatic heterocycles. The number of hydrogen-bond donors (Lipinski definition) is 1. The highest BCUT2D eigenvalue weighted by Crippen LogP contribution is 2.17. The molecular formula is C26H26N4O3. The number of benzene rings is 2. The van der Waals surface area contributed by atoms with Crippen molar-refractivity contribution >= 4 is 23.6 Å². The van der Waals surface area contributed by atoms with Crippen LogP contribution in [-0.4, -0.2) is 27.8 Å². The van der Waals surface area contributed by atoms with Crippen molar-refractivity contribution in [2.45, 2.75) is 40.3 Å². The number of ether oxygens (including phenoxy) is 1. The maximum atomic E-state index is 12.3.